The molecule has 2 saturated heterocycles. The fraction of sp³-hybridized carbons (Fsp3) is 0.571. The Morgan fingerprint density at radius 2 is 2.04 bits per heavy atom. The number of hydrogen-bond donors (Lipinski definition) is 2. The van der Waals surface area contributed by atoms with Crippen LogP contribution in [-0.2, 0) is 20.8 Å². The number of amides is 2. The Labute approximate surface area is 165 Å². The van der Waals surface area contributed by atoms with Crippen molar-refractivity contribution in [3.05, 3.63) is 35.9 Å². The Bertz CT molecular complexity index is 709. The number of nitrogens with zero attached hydrogens (tertiary/aromatic N) is 2. The fourth-order valence-electron chi connectivity index (χ4n) is 4.24. The van der Waals surface area contributed by atoms with E-state index in [1.54, 1.807) is 4.90 Å². The van der Waals surface area contributed by atoms with Crippen molar-refractivity contribution in [2.45, 2.75) is 44.7 Å². The maximum absolute atomic E-state index is 12.6. The topological polar surface area (TPSA) is 89.9 Å². The standard InChI is InChI=1S/C21H29N3O4/c1-2-23-10-6-9-17(23)14-24-13-16(12-19(24)25)20(26)22-18(21(27)28)11-15-7-4-3-5-8-15/h3-5,7-8,16-18H,2,6,9-14H2,1H3,(H,22,26)(H,27,28)/t16?,17?,18-/m0/s1. The molecule has 2 aliphatic heterocycles. The first kappa shape index (κ1) is 20.3. The molecule has 1 aromatic rings. The van der Waals surface area contributed by atoms with Crippen LogP contribution in [0.25, 0.3) is 0 Å². The molecule has 3 atom stereocenters. The number of carboxylic acids is 1. The van der Waals surface area contributed by atoms with Gasteiger partial charge < -0.3 is 15.3 Å². The Balaban J connectivity index is 1.56. The minimum atomic E-state index is -1.07. The Morgan fingerprint density at radius 3 is 2.71 bits per heavy atom. The van der Waals surface area contributed by atoms with Crippen molar-refractivity contribution in [1.29, 1.82) is 0 Å². The second-order valence-corrected chi connectivity index (χ2v) is 7.71. The number of carboxylic acid groups (broad SMARTS) is 1. The van der Waals surface area contributed by atoms with Gasteiger partial charge in [-0.05, 0) is 31.5 Å². The first-order chi connectivity index (χ1) is 13.5. The molecule has 28 heavy (non-hydrogen) atoms. The summed E-state index contributed by atoms with van der Waals surface area (Å²) in [4.78, 5) is 40.8. The smallest absolute Gasteiger partial charge is 0.326 e. The summed E-state index contributed by atoms with van der Waals surface area (Å²) < 4.78 is 0. The van der Waals surface area contributed by atoms with E-state index in [2.05, 4.69) is 17.1 Å². The molecule has 2 unspecified atom stereocenters. The Morgan fingerprint density at radius 1 is 1.29 bits per heavy atom. The molecule has 7 heteroatoms. The maximum atomic E-state index is 12.6. The summed E-state index contributed by atoms with van der Waals surface area (Å²) in [5, 5.41) is 12.1. The summed E-state index contributed by atoms with van der Waals surface area (Å²) in [6.45, 7) is 5.18. The highest BCUT2D eigenvalue weighted by Gasteiger charge is 2.38. The van der Waals surface area contributed by atoms with Crippen LogP contribution in [0.5, 0.6) is 0 Å². The maximum Gasteiger partial charge on any atom is 0.326 e. The van der Waals surface area contributed by atoms with Crippen LogP contribution in [0.4, 0.5) is 0 Å². The monoisotopic (exact) mass is 387 g/mol. The minimum absolute atomic E-state index is 0.0157. The van der Waals surface area contributed by atoms with Gasteiger partial charge in [0, 0.05) is 32.0 Å². The van der Waals surface area contributed by atoms with E-state index in [-0.39, 0.29) is 24.7 Å². The number of aliphatic carboxylic acids is 1. The van der Waals surface area contributed by atoms with Crippen LogP contribution in [0, 0.1) is 5.92 Å². The van der Waals surface area contributed by atoms with Crippen molar-refractivity contribution in [3.8, 4) is 0 Å². The summed E-state index contributed by atoms with van der Waals surface area (Å²) in [7, 11) is 0. The number of likely N-dealkylation sites (tertiary alicyclic amines) is 2. The van der Waals surface area contributed by atoms with E-state index in [0.29, 0.717) is 19.1 Å². The van der Waals surface area contributed by atoms with Gasteiger partial charge in [0.05, 0.1) is 5.92 Å². The van der Waals surface area contributed by atoms with Gasteiger partial charge in [-0.25, -0.2) is 4.79 Å². The van der Waals surface area contributed by atoms with Gasteiger partial charge in [0.15, 0.2) is 0 Å². The number of hydrogen-bond acceptors (Lipinski definition) is 4. The minimum Gasteiger partial charge on any atom is -0.480 e. The third kappa shape index (κ3) is 4.90. The van der Waals surface area contributed by atoms with Gasteiger partial charge in [0.1, 0.15) is 6.04 Å². The molecule has 0 aliphatic carbocycles. The molecule has 7 nitrogen and oxygen atoms in total. The van der Waals surface area contributed by atoms with Crippen molar-refractivity contribution in [3.63, 3.8) is 0 Å². The van der Waals surface area contributed by atoms with Crippen LogP contribution in [0.2, 0.25) is 0 Å². The lowest BCUT2D eigenvalue weighted by molar-refractivity contribution is -0.142. The molecule has 2 fully saturated rings. The van der Waals surface area contributed by atoms with E-state index in [0.717, 1.165) is 31.5 Å². The molecule has 0 spiro atoms. The van der Waals surface area contributed by atoms with E-state index in [1.165, 1.54) is 0 Å². The zero-order valence-electron chi connectivity index (χ0n) is 16.3. The molecule has 0 aromatic heterocycles. The zero-order valence-corrected chi connectivity index (χ0v) is 16.3. The Kier molecular flexibility index (Phi) is 6.67. The highest BCUT2D eigenvalue weighted by molar-refractivity contribution is 5.91. The quantitative estimate of drug-likeness (QED) is 0.698. The van der Waals surface area contributed by atoms with Crippen LogP contribution < -0.4 is 5.32 Å². The third-order valence-corrected chi connectivity index (χ3v) is 5.82. The zero-order chi connectivity index (χ0) is 20.1. The third-order valence-electron chi connectivity index (χ3n) is 5.82. The van der Waals surface area contributed by atoms with Gasteiger partial charge in [-0.3, -0.25) is 14.5 Å². The molecule has 0 saturated carbocycles. The predicted octanol–water partition coefficient (Wildman–Crippen LogP) is 1.13. The summed E-state index contributed by atoms with van der Waals surface area (Å²) in [5.74, 6) is -1.92. The molecule has 2 aliphatic rings. The lowest BCUT2D eigenvalue weighted by Crippen LogP contribution is -2.46. The van der Waals surface area contributed by atoms with Gasteiger partial charge in [-0.15, -0.1) is 0 Å². The molecular weight excluding hydrogens is 358 g/mol. The van der Waals surface area contributed by atoms with Gasteiger partial charge in [0.2, 0.25) is 11.8 Å². The Hall–Kier alpha value is -2.41. The number of carbonyl (C=O) groups excluding carboxylic acids is 2. The van der Waals surface area contributed by atoms with E-state index < -0.39 is 17.9 Å². The van der Waals surface area contributed by atoms with Crippen molar-refractivity contribution < 1.29 is 19.5 Å². The molecule has 0 radical (unpaired) electrons. The van der Waals surface area contributed by atoms with E-state index in [1.807, 2.05) is 30.3 Å². The molecule has 3 rings (SSSR count). The SMILES string of the molecule is CCN1CCCC1CN1CC(C(=O)N[C@@H](Cc2ccccc2)C(=O)O)CC1=O. The summed E-state index contributed by atoms with van der Waals surface area (Å²) in [5.41, 5.74) is 0.847. The average molecular weight is 387 g/mol. The number of benzene rings is 1. The van der Waals surface area contributed by atoms with Crippen LogP contribution >= 0.6 is 0 Å². The van der Waals surface area contributed by atoms with Gasteiger partial charge in [0.25, 0.3) is 0 Å². The van der Waals surface area contributed by atoms with Crippen molar-refractivity contribution in [1.82, 2.24) is 15.1 Å². The number of carbonyl (C=O) groups is 3. The van der Waals surface area contributed by atoms with Gasteiger partial charge in [-0.1, -0.05) is 37.3 Å². The molecule has 2 heterocycles. The summed E-state index contributed by atoms with van der Waals surface area (Å²) in [6.07, 6.45) is 2.60. The summed E-state index contributed by atoms with van der Waals surface area (Å²) in [6, 6.07) is 8.58. The van der Waals surface area contributed by atoms with Crippen LogP contribution in [0.15, 0.2) is 30.3 Å². The first-order valence-corrected chi connectivity index (χ1v) is 10.1. The molecule has 152 valence electrons. The van der Waals surface area contributed by atoms with Gasteiger partial charge in [-0.2, -0.15) is 0 Å². The predicted molar refractivity (Wildman–Crippen MR) is 105 cm³/mol. The van der Waals surface area contributed by atoms with Crippen LogP contribution in [-0.4, -0.2) is 71.0 Å². The molecular formula is C21H29N3O4. The first-order valence-electron chi connectivity index (χ1n) is 10.1. The van der Waals surface area contributed by atoms with Crippen LogP contribution in [0.1, 0.15) is 31.7 Å². The fourth-order valence-corrected chi connectivity index (χ4v) is 4.24. The van der Waals surface area contributed by atoms with Crippen LogP contribution in [0.3, 0.4) is 0 Å². The number of nitrogens with one attached hydrogen (secondary N) is 1. The summed E-state index contributed by atoms with van der Waals surface area (Å²) >= 11 is 0. The highest BCUT2D eigenvalue weighted by atomic mass is 16.4. The lowest BCUT2D eigenvalue weighted by Gasteiger charge is -2.27. The van der Waals surface area contributed by atoms with Crippen molar-refractivity contribution in [2.75, 3.05) is 26.2 Å². The normalized spacial score (nSPS) is 23.8. The number of rotatable bonds is 8. The van der Waals surface area contributed by atoms with E-state index >= 15 is 0 Å². The highest BCUT2D eigenvalue weighted by Crippen LogP contribution is 2.23. The second kappa shape index (κ2) is 9.19. The molecule has 2 amide bonds. The van der Waals surface area contributed by atoms with Crippen molar-refractivity contribution >= 4 is 17.8 Å². The van der Waals surface area contributed by atoms with Gasteiger partial charge >= 0.3 is 5.97 Å². The average Bonchev–Trinajstić information content (AvgIpc) is 3.28. The molecule has 0 bridgehead atoms. The molecule has 2 N–H and O–H groups in total. The number of likely N-dealkylation sites (N-methyl/N-ethyl adjacent to an activating group) is 1. The van der Waals surface area contributed by atoms with Crippen molar-refractivity contribution in [2.24, 2.45) is 5.92 Å². The van der Waals surface area contributed by atoms with E-state index in [9.17, 15) is 19.5 Å². The second-order valence-electron chi connectivity index (χ2n) is 7.71. The largest absolute Gasteiger partial charge is 0.480 e. The lowest BCUT2D eigenvalue weighted by atomic mass is 10.0. The van der Waals surface area contributed by atoms with E-state index in [4.69, 9.17) is 0 Å². The molecule has 1 aromatic carbocycles.